The molecule has 0 saturated heterocycles. The quantitative estimate of drug-likeness (QED) is 0.874. The topological polar surface area (TPSA) is 55.4 Å². The van der Waals surface area contributed by atoms with E-state index in [9.17, 15) is 8.42 Å². The highest BCUT2D eigenvalue weighted by Crippen LogP contribution is 2.24. The molecule has 1 aromatic rings. The van der Waals surface area contributed by atoms with Crippen molar-refractivity contribution in [3.05, 3.63) is 24.3 Å². The van der Waals surface area contributed by atoms with E-state index in [0.29, 0.717) is 17.3 Å². The van der Waals surface area contributed by atoms with Gasteiger partial charge < -0.3 is 10.1 Å². The average molecular weight is 257 g/mol. The van der Waals surface area contributed by atoms with Gasteiger partial charge in [-0.05, 0) is 52.1 Å². The Morgan fingerprint density at radius 2 is 1.76 bits per heavy atom. The third-order valence-electron chi connectivity index (χ3n) is 2.72. The van der Waals surface area contributed by atoms with Gasteiger partial charge in [-0.3, -0.25) is 0 Å². The molecule has 0 atom stereocenters. The van der Waals surface area contributed by atoms with E-state index in [4.69, 9.17) is 4.74 Å². The normalized spacial score (nSPS) is 12.5. The van der Waals surface area contributed by atoms with E-state index in [-0.39, 0.29) is 0 Å². The minimum absolute atomic E-state index is 0.292. The fraction of sp³-hybridized carbons (Fsp3) is 0.500. The number of sulfone groups is 1. The van der Waals surface area contributed by atoms with Gasteiger partial charge in [0.2, 0.25) is 0 Å². The van der Waals surface area contributed by atoms with Crippen LogP contribution in [0, 0.1) is 0 Å². The summed E-state index contributed by atoms with van der Waals surface area (Å²) in [7, 11) is -1.76. The molecule has 5 heteroatoms. The van der Waals surface area contributed by atoms with Crippen molar-refractivity contribution in [3.63, 3.8) is 0 Å². The summed E-state index contributed by atoms with van der Waals surface area (Å²) in [6, 6.07) is 6.48. The molecule has 0 heterocycles. The third kappa shape index (κ3) is 2.79. The first-order chi connectivity index (χ1) is 7.85. The lowest BCUT2D eigenvalue weighted by Crippen LogP contribution is -2.44. The van der Waals surface area contributed by atoms with E-state index < -0.39 is 14.7 Å². The van der Waals surface area contributed by atoms with Gasteiger partial charge in [0, 0.05) is 0 Å². The smallest absolute Gasteiger partial charge is 0.196 e. The molecule has 0 aromatic heterocycles. The van der Waals surface area contributed by atoms with Crippen LogP contribution < -0.4 is 10.1 Å². The number of ether oxygens (including phenoxy) is 1. The molecule has 0 unspecified atom stereocenters. The standard InChI is InChI=1S/C12H19NO3S/c1-5-16-10-6-8-11(9-7-10)17(14,15)12(2,3)13-4/h6-9,13H,5H2,1-4H3. The van der Waals surface area contributed by atoms with Gasteiger partial charge in [0.05, 0.1) is 11.5 Å². The molecular formula is C12H19NO3S. The number of rotatable bonds is 5. The molecule has 4 nitrogen and oxygen atoms in total. The fourth-order valence-electron chi connectivity index (χ4n) is 1.31. The van der Waals surface area contributed by atoms with Crippen LogP contribution in [0.25, 0.3) is 0 Å². The molecule has 96 valence electrons. The average Bonchev–Trinajstić information content (AvgIpc) is 2.30. The van der Waals surface area contributed by atoms with Crippen LogP contribution in [-0.4, -0.2) is 26.9 Å². The van der Waals surface area contributed by atoms with Gasteiger partial charge in [-0.2, -0.15) is 0 Å². The Morgan fingerprint density at radius 1 is 1.24 bits per heavy atom. The monoisotopic (exact) mass is 257 g/mol. The largest absolute Gasteiger partial charge is 0.494 e. The van der Waals surface area contributed by atoms with Gasteiger partial charge in [-0.25, -0.2) is 8.42 Å². The zero-order valence-corrected chi connectivity index (χ0v) is 11.5. The maximum atomic E-state index is 12.3. The van der Waals surface area contributed by atoms with Crippen LogP contribution in [0.4, 0.5) is 0 Å². The predicted octanol–water partition coefficient (Wildman–Crippen LogP) is 1.81. The third-order valence-corrected chi connectivity index (χ3v) is 5.16. The summed E-state index contributed by atoms with van der Waals surface area (Å²) >= 11 is 0. The van der Waals surface area contributed by atoms with E-state index in [2.05, 4.69) is 5.32 Å². The molecule has 0 fully saturated rings. The summed E-state index contributed by atoms with van der Waals surface area (Å²) in [4.78, 5) is -0.694. The molecule has 0 saturated carbocycles. The summed E-state index contributed by atoms with van der Waals surface area (Å²) in [6.07, 6.45) is 0. The summed E-state index contributed by atoms with van der Waals surface area (Å²) in [5, 5.41) is 2.80. The lowest BCUT2D eigenvalue weighted by molar-refractivity contribution is 0.340. The lowest BCUT2D eigenvalue weighted by Gasteiger charge is -2.24. The van der Waals surface area contributed by atoms with Crippen LogP contribution in [0.5, 0.6) is 5.75 Å². The molecule has 0 amide bonds. The summed E-state index contributed by atoms with van der Waals surface area (Å²) < 4.78 is 29.8. The van der Waals surface area contributed by atoms with Gasteiger partial charge in [0.25, 0.3) is 0 Å². The van der Waals surface area contributed by atoms with Crippen molar-refractivity contribution in [2.24, 2.45) is 0 Å². The van der Waals surface area contributed by atoms with Crippen LogP contribution in [-0.2, 0) is 9.84 Å². The van der Waals surface area contributed by atoms with E-state index in [1.807, 2.05) is 6.92 Å². The maximum absolute atomic E-state index is 12.3. The van der Waals surface area contributed by atoms with E-state index >= 15 is 0 Å². The van der Waals surface area contributed by atoms with E-state index in [1.54, 1.807) is 45.2 Å². The molecule has 1 rings (SSSR count). The van der Waals surface area contributed by atoms with Crippen LogP contribution in [0.15, 0.2) is 29.2 Å². The second-order valence-corrected chi connectivity index (χ2v) is 6.67. The van der Waals surface area contributed by atoms with E-state index in [1.165, 1.54) is 0 Å². The molecule has 0 radical (unpaired) electrons. The Kier molecular flexibility index (Phi) is 4.16. The van der Waals surface area contributed by atoms with Gasteiger partial charge >= 0.3 is 0 Å². The second-order valence-electron chi connectivity index (χ2n) is 4.17. The number of hydrogen-bond donors (Lipinski definition) is 1. The molecule has 0 aliphatic carbocycles. The number of nitrogens with one attached hydrogen (secondary N) is 1. The van der Waals surface area contributed by atoms with Crippen LogP contribution >= 0.6 is 0 Å². The SMILES string of the molecule is CCOc1ccc(S(=O)(=O)C(C)(C)NC)cc1. The molecular weight excluding hydrogens is 238 g/mol. The van der Waals surface area contributed by atoms with Crippen molar-refractivity contribution in [1.29, 1.82) is 0 Å². The van der Waals surface area contributed by atoms with Crippen molar-refractivity contribution >= 4 is 9.84 Å². The Morgan fingerprint density at radius 3 is 2.18 bits per heavy atom. The maximum Gasteiger partial charge on any atom is 0.196 e. The van der Waals surface area contributed by atoms with Crippen molar-refractivity contribution < 1.29 is 13.2 Å². The first kappa shape index (κ1) is 14.0. The first-order valence-electron chi connectivity index (χ1n) is 5.51. The van der Waals surface area contributed by atoms with Gasteiger partial charge in [0.1, 0.15) is 10.6 Å². The highest BCUT2D eigenvalue weighted by molar-refractivity contribution is 7.92. The second kappa shape index (κ2) is 5.06. The molecule has 0 spiro atoms. The van der Waals surface area contributed by atoms with Crippen molar-refractivity contribution in [1.82, 2.24) is 5.32 Å². The van der Waals surface area contributed by atoms with E-state index in [0.717, 1.165) is 0 Å². The van der Waals surface area contributed by atoms with Crippen LogP contribution in [0.2, 0.25) is 0 Å². The molecule has 0 aliphatic heterocycles. The highest BCUT2D eigenvalue weighted by Gasteiger charge is 2.33. The number of hydrogen-bond acceptors (Lipinski definition) is 4. The molecule has 17 heavy (non-hydrogen) atoms. The van der Waals surface area contributed by atoms with Crippen LogP contribution in [0.1, 0.15) is 20.8 Å². The van der Waals surface area contributed by atoms with Gasteiger partial charge in [-0.1, -0.05) is 0 Å². The lowest BCUT2D eigenvalue weighted by atomic mass is 10.3. The minimum Gasteiger partial charge on any atom is -0.494 e. The van der Waals surface area contributed by atoms with Gasteiger partial charge in [0.15, 0.2) is 9.84 Å². The molecule has 0 bridgehead atoms. The Bertz CT molecular complexity index is 463. The van der Waals surface area contributed by atoms with Crippen molar-refractivity contribution in [3.8, 4) is 5.75 Å². The zero-order valence-electron chi connectivity index (χ0n) is 10.6. The molecule has 0 aliphatic rings. The summed E-state index contributed by atoms with van der Waals surface area (Å²) in [5.74, 6) is 0.675. The fourth-order valence-corrected chi connectivity index (χ4v) is 2.66. The van der Waals surface area contributed by atoms with Crippen molar-refractivity contribution in [2.45, 2.75) is 30.5 Å². The highest BCUT2D eigenvalue weighted by atomic mass is 32.2. The summed E-state index contributed by atoms with van der Waals surface area (Å²) in [5.41, 5.74) is 0. The molecule has 1 N–H and O–H groups in total. The Balaban J connectivity index is 3.09. The number of benzene rings is 1. The Hall–Kier alpha value is -1.07. The first-order valence-corrected chi connectivity index (χ1v) is 7.00. The zero-order chi connectivity index (χ0) is 13.1. The van der Waals surface area contributed by atoms with Crippen LogP contribution in [0.3, 0.4) is 0 Å². The van der Waals surface area contributed by atoms with Crippen molar-refractivity contribution in [2.75, 3.05) is 13.7 Å². The van der Waals surface area contributed by atoms with Gasteiger partial charge in [-0.15, -0.1) is 0 Å². The predicted molar refractivity (Wildman–Crippen MR) is 67.9 cm³/mol. The minimum atomic E-state index is -3.39. The molecule has 1 aromatic carbocycles. The Labute approximate surface area is 103 Å². The summed E-state index contributed by atoms with van der Waals surface area (Å²) in [6.45, 7) is 5.72.